The molecule has 0 aliphatic heterocycles. The van der Waals surface area contributed by atoms with Crippen LogP contribution in [-0.2, 0) is 16.6 Å². The number of nitro groups is 1. The molecule has 1 rings (SSSR count). The Morgan fingerprint density at radius 2 is 1.95 bits per heavy atom. The lowest BCUT2D eigenvalue weighted by molar-refractivity contribution is -0.385. The van der Waals surface area contributed by atoms with Crippen LogP contribution in [0.4, 0.5) is 5.69 Å². The van der Waals surface area contributed by atoms with Crippen molar-refractivity contribution in [2.45, 2.75) is 32.9 Å². The quantitative estimate of drug-likeness (QED) is 0.584. The fraction of sp³-hybridized carbons (Fsp3) is 0.538. The number of sulfonamides is 1. The summed E-state index contributed by atoms with van der Waals surface area (Å²) in [5.41, 5.74) is 0.883. The highest BCUT2D eigenvalue weighted by Crippen LogP contribution is 2.20. The maximum Gasteiger partial charge on any atom is 0.272 e. The fourth-order valence-corrected chi connectivity index (χ4v) is 3.18. The molecule has 0 bridgehead atoms. The van der Waals surface area contributed by atoms with Gasteiger partial charge in [0.15, 0.2) is 0 Å². The van der Waals surface area contributed by atoms with Crippen LogP contribution in [0.3, 0.4) is 0 Å². The molecule has 0 aliphatic carbocycles. The summed E-state index contributed by atoms with van der Waals surface area (Å²) in [7, 11) is -3.28. The molecule has 0 amide bonds. The SMILES string of the molecule is Cc1c(CNCC(C)(C)NS(C)(=O)=O)cccc1[N+](=O)[O-]. The number of nitro benzene ring substituents is 1. The van der Waals surface area contributed by atoms with Crippen LogP contribution in [0.25, 0.3) is 0 Å². The summed E-state index contributed by atoms with van der Waals surface area (Å²) >= 11 is 0. The third-order valence-electron chi connectivity index (χ3n) is 2.96. The van der Waals surface area contributed by atoms with Crippen LogP contribution in [0.5, 0.6) is 0 Å². The van der Waals surface area contributed by atoms with Crippen LogP contribution in [0.1, 0.15) is 25.0 Å². The number of hydrogen-bond acceptors (Lipinski definition) is 5. The van der Waals surface area contributed by atoms with Gasteiger partial charge in [-0.05, 0) is 26.3 Å². The Morgan fingerprint density at radius 1 is 1.33 bits per heavy atom. The van der Waals surface area contributed by atoms with Crippen molar-refractivity contribution in [3.8, 4) is 0 Å². The molecule has 8 heteroatoms. The van der Waals surface area contributed by atoms with Gasteiger partial charge in [-0.1, -0.05) is 12.1 Å². The van der Waals surface area contributed by atoms with Crippen molar-refractivity contribution in [2.75, 3.05) is 12.8 Å². The van der Waals surface area contributed by atoms with Crippen molar-refractivity contribution in [1.29, 1.82) is 0 Å². The number of nitrogens with one attached hydrogen (secondary N) is 2. The van der Waals surface area contributed by atoms with E-state index in [-0.39, 0.29) is 5.69 Å². The van der Waals surface area contributed by atoms with E-state index < -0.39 is 20.5 Å². The van der Waals surface area contributed by atoms with Gasteiger partial charge in [0.25, 0.3) is 5.69 Å². The summed E-state index contributed by atoms with van der Waals surface area (Å²) < 4.78 is 25.0. The van der Waals surface area contributed by atoms with Crippen molar-refractivity contribution in [3.63, 3.8) is 0 Å². The van der Waals surface area contributed by atoms with Crippen LogP contribution in [-0.4, -0.2) is 31.7 Å². The van der Waals surface area contributed by atoms with Crippen LogP contribution >= 0.6 is 0 Å². The standard InChI is InChI=1S/C13H21N3O4S/c1-10-11(6-5-7-12(10)16(17)18)8-14-9-13(2,3)15-21(4,19)20/h5-7,14-15H,8-9H2,1-4H3. The van der Waals surface area contributed by atoms with Gasteiger partial charge in [-0.2, -0.15) is 0 Å². The lowest BCUT2D eigenvalue weighted by Crippen LogP contribution is -2.49. The zero-order valence-electron chi connectivity index (χ0n) is 12.6. The van der Waals surface area contributed by atoms with Gasteiger partial charge in [0.2, 0.25) is 10.0 Å². The van der Waals surface area contributed by atoms with Gasteiger partial charge in [-0.25, -0.2) is 13.1 Å². The first kappa shape index (κ1) is 17.5. The van der Waals surface area contributed by atoms with Crippen LogP contribution in [0, 0.1) is 17.0 Å². The molecule has 0 radical (unpaired) electrons. The molecule has 0 aliphatic rings. The largest absolute Gasteiger partial charge is 0.311 e. The molecule has 0 aromatic heterocycles. The Balaban J connectivity index is 2.69. The van der Waals surface area contributed by atoms with Gasteiger partial charge in [0, 0.05) is 30.3 Å². The highest BCUT2D eigenvalue weighted by molar-refractivity contribution is 7.88. The summed E-state index contributed by atoms with van der Waals surface area (Å²) in [4.78, 5) is 10.5. The van der Waals surface area contributed by atoms with Crippen LogP contribution in [0.15, 0.2) is 18.2 Å². The fourth-order valence-electron chi connectivity index (χ4n) is 2.11. The van der Waals surface area contributed by atoms with Gasteiger partial charge in [0.05, 0.1) is 11.2 Å². The summed E-state index contributed by atoms with van der Waals surface area (Å²) in [5, 5.41) is 14.0. The topological polar surface area (TPSA) is 101 Å². The molecule has 118 valence electrons. The van der Waals surface area contributed by atoms with Gasteiger partial charge in [-0.15, -0.1) is 0 Å². The lowest BCUT2D eigenvalue weighted by atomic mass is 10.1. The van der Waals surface area contributed by atoms with Gasteiger partial charge >= 0.3 is 0 Å². The van der Waals surface area contributed by atoms with E-state index in [9.17, 15) is 18.5 Å². The Labute approximate surface area is 124 Å². The molecule has 1 aromatic carbocycles. The summed E-state index contributed by atoms with van der Waals surface area (Å²) in [5.74, 6) is 0. The van der Waals surface area contributed by atoms with Gasteiger partial charge in [0.1, 0.15) is 0 Å². The first-order valence-electron chi connectivity index (χ1n) is 6.44. The molecule has 21 heavy (non-hydrogen) atoms. The Morgan fingerprint density at radius 3 is 2.48 bits per heavy atom. The van der Waals surface area contributed by atoms with E-state index in [1.165, 1.54) is 6.07 Å². The molecule has 0 atom stereocenters. The average molecular weight is 315 g/mol. The number of benzene rings is 1. The Hall–Kier alpha value is -1.51. The lowest BCUT2D eigenvalue weighted by Gasteiger charge is -2.25. The maximum atomic E-state index is 11.2. The predicted molar refractivity (Wildman–Crippen MR) is 81.6 cm³/mol. The number of rotatable bonds is 7. The van der Waals surface area contributed by atoms with E-state index in [2.05, 4.69) is 10.0 Å². The van der Waals surface area contributed by atoms with E-state index in [1.54, 1.807) is 26.8 Å². The molecule has 0 heterocycles. The van der Waals surface area contributed by atoms with Crippen molar-refractivity contribution in [3.05, 3.63) is 39.4 Å². The zero-order chi connectivity index (χ0) is 16.3. The molecule has 0 fully saturated rings. The second-order valence-electron chi connectivity index (χ2n) is 5.68. The normalized spacial score (nSPS) is 12.4. The Bertz CT molecular complexity index is 626. The van der Waals surface area contributed by atoms with Crippen molar-refractivity contribution < 1.29 is 13.3 Å². The monoisotopic (exact) mass is 315 g/mol. The minimum atomic E-state index is -3.28. The second-order valence-corrected chi connectivity index (χ2v) is 7.43. The molecule has 0 saturated carbocycles. The van der Waals surface area contributed by atoms with Gasteiger partial charge < -0.3 is 5.32 Å². The van der Waals surface area contributed by atoms with E-state index >= 15 is 0 Å². The van der Waals surface area contributed by atoms with Crippen molar-refractivity contribution in [2.24, 2.45) is 0 Å². The van der Waals surface area contributed by atoms with Gasteiger partial charge in [-0.3, -0.25) is 10.1 Å². The number of nitrogens with zero attached hydrogens (tertiary/aromatic N) is 1. The maximum absolute atomic E-state index is 11.2. The molecule has 0 unspecified atom stereocenters. The predicted octanol–water partition coefficient (Wildman–Crippen LogP) is 1.32. The molecule has 7 nitrogen and oxygen atoms in total. The summed E-state index contributed by atoms with van der Waals surface area (Å²) in [6.45, 7) is 6.07. The minimum Gasteiger partial charge on any atom is -0.311 e. The third-order valence-corrected chi connectivity index (χ3v) is 3.88. The summed E-state index contributed by atoms with van der Waals surface area (Å²) in [6, 6.07) is 4.92. The zero-order valence-corrected chi connectivity index (χ0v) is 13.5. The third kappa shape index (κ3) is 5.78. The molecular formula is C13H21N3O4S. The summed E-state index contributed by atoms with van der Waals surface area (Å²) in [6.07, 6.45) is 1.11. The minimum absolute atomic E-state index is 0.0859. The van der Waals surface area contributed by atoms with E-state index in [0.717, 1.165) is 11.8 Å². The van der Waals surface area contributed by atoms with E-state index in [1.807, 2.05) is 6.07 Å². The van der Waals surface area contributed by atoms with E-state index in [0.29, 0.717) is 18.7 Å². The molecule has 1 aromatic rings. The van der Waals surface area contributed by atoms with Crippen molar-refractivity contribution in [1.82, 2.24) is 10.0 Å². The highest BCUT2D eigenvalue weighted by atomic mass is 32.2. The number of hydrogen-bond donors (Lipinski definition) is 2. The molecule has 0 spiro atoms. The van der Waals surface area contributed by atoms with Crippen molar-refractivity contribution >= 4 is 15.7 Å². The smallest absolute Gasteiger partial charge is 0.272 e. The van der Waals surface area contributed by atoms with Crippen LogP contribution < -0.4 is 10.0 Å². The van der Waals surface area contributed by atoms with Crippen LogP contribution in [0.2, 0.25) is 0 Å². The molecular weight excluding hydrogens is 294 g/mol. The first-order valence-corrected chi connectivity index (χ1v) is 8.33. The average Bonchev–Trinajstić information content (AvgIpc) is 2.27. The first-order chi connectivity index (χ1) is 9.52. The molecule has 0 saturated heterocycles. The highest BCUT2D eigenvalue weighted by Gasteiger charge is 2.21. The second kappa shape index (κ2) is 6.50. The molecule has 2 N–H and O–H groups in total. The Kier molecular flexibility index (Phi) is 5.43. The van der Waals surface area contributed by atoms with E-state index in [4.69, 9.17) is 0 Å².